The number of hydrogen-bond donors (Lipinski definition) is 1. The summed E-state index contributed by atoms with van der Waals surface area (Å²) in [5, 5.41) is 2.86. The highest BCUT2D eigenvalue weighted by Crippen LogP contribution is 2.35. The highest BCUT2D eigenvalue weighted by molar-refractivity contribution is 5.83. The molecule has 0 heterocycles. The van der Waals surface area contributed by atoms with Crippen LogP contribution < -0.4 is 5.32 Å². The first-order valence-corrected chi connectivity index (χ1v) is 7.71. The first kappa shape index (κ1) is 19.0. The number of alkyl carbamates (subject to hydrolysis) is 1. The van der Waals surface area contributed by atoms with E-state index in [4.69, 9.17) is 4.74 Å². The van der Waals surface area contributed by atoms with Crippen molar-refractivity contribution in [3.8, 4) is 0 Å². The minimum Gasteiger partial charge on any atom is -0.444 e. The molecule has 0 aliphatic carbocycles. The molecule has 0 aliphatic heterocycles. The lowest BCUT2D eigenvalue weighted by molar-refractivity contribution is -0.139. The molecule has 0 saturated heterocycles. The van der Waals surface area contributed by atoms with Crippen LogP contribution in [0, 0.1) is 5.41 Å². The number of amides is 2. The zero-order valence-electron chi connectivity index (χ0n) is 15.1. The van der Waals surface area contributed by atoms with Crippen LogP contribution in [0.15, 0.2) is 30.3 Å². The number of ether oxygens (including phenoxy) is 1. The van der Waals surface area contributed by atoms with Gasteiger partial charge in [-0.15, -0.1) is 0 Å². The Morgan fingerprint density at radius 1 is 1.04 bits per heavy atom. The molecule has 0 aliphatic rings. The van der Waals surface area contributed by atoms with E-state index in [0.717, 1.165) is 5.56 Å². The first-order valence-electron chi connectivity index (χ1n) is 7.71. The SMILES string of the molecule is CN(C)C(=O)C(C)(C)C(NC(=O)OC(C)(C)C)c1ccccc1. The molecule has 5 heteroatoms. The molecule has 1 aromatic carbocycles. The predicted molar refractivity (Wildman–Crippen MR) is 91.0 cm³/mol. The van der Waals surface area contributed by atoms with E-state index >= 15 is 0 Å². The summed E-state index contributed by atoms with van der Waals surface area (Å²) >= 11 is 0. The van der Waals surface area contributed by atoms with Crippen molar-refractivity contribution in [2.75, 3.05) is 14.1 Å². The van der Waals surface area contributed by atoms with Gasteiger partial charge in [0.1, 0.15) is 5.60 Å². The predicted octanol–water partition coefficient (Wildman–Crippen LogP) is 3.37. The topological polar surface area (TPSA) is 58.6 Å². The van der Waals surface area contributed by atoms with Crippen LogP contribution in [-0.4, -0.2) is 36.6 Å². The van der Waals surface area contributed by atoms with Gasteiger partial charge in [0.25, 0.3) is 0 Å². The van der Waals surface area contributed by atoms with E-state index in [2.05, 4.69) is 5.32 Å². The second-order valence-electron chi connectivity index (χ2n) is 7.41. The Labute approximate surface area is 139 Å². The Morgan fingerprint density at radius 2 is 1.57 bits per heavy atom. The highest BCUT2D eigenvalue weighted by Gasteiger charge is 2.40. The number of benzene rings is 1. The molecule has 0 saturated carbocycles. The summed E-state index contributed by atoms with van der Waals surface area (Å²) in [6.07, 6.45) is -0.536. The van der Waals surface area contributed by atoms with Gasteiger partial charge in [-0.05, 0) is 40.2 Å². The van der Waals surface area contributed by atoms with Crippen molar-refractivity contribution >= 4 is 12.0 Å². The van der Waals surface area contributed by atoms with Gasteiger partial charge in [-0.1, -0.05) is 30.3 Å². The van der Waals surface area contributed by atoms with E-state index < -0.39 is 23.2 Å². The van der Waals surface area contributed by atoms with Gasteiger partial charge in [0, 0.05) is 14.1 Å². The van der Waals surface area contributed by atoms with Gasteiger partial charge >= 0.3 is 6.09 Å². The zero-order valence-corrected chi connectivity index (χ0v) is 15.1. The molecule has 0 radical (unpaired) electrons. The molecule has 23 heavy (non-hydrogen) atoms. The summed E-state index contributed by atoms with van der Waals surface area (Å²) in [6, 6.07) is 8.97. The molecule has 1 aromatic rings. The van der Waals surface area contributed by atoms with Crippen LogP contribution in [-0.2, 0) is 9.53 Å². The fourth-order valence-corrected chi connectivity index (χ4v) is 2.45. The summed E-state index contributed by atoms with van der Waals surface area (Å²) < 4.78 is 5.35. The average Bonchev–Trinajstić information content (AvgIpc) is 2.42. The van der Waals surface area contributed by atoms with Gasteiger partial charge in [-0.25, -0.2) is 4.79 Å². The monoisotopic (exact) mass is 320 g/mol. The standard InChI is InChI=1S/C18H28N2O3/c1-17(2,3)23-16(22)19-14(13-11-9-8-10-12-13)18(4,5)15(21)20(6)7/h8-12,14H,1-7H3,(H,19,22). The van der Waals surface area contributed by atoms with Gasteiger partial charge in [0.05, 0.1) is 11.5 Å². The lowest BCUT2D eigenvalue weighted by Gasteiger charge is -2.36. The molecular formula is C18H28N2O3. The Morgan fingerprint density at radius 3 is 2.00 bits per heavy atom. The Bertz CT molecular complexity index is 545. The van der Waals surface area contributed by atoms with Crippen LogP contribution >= 0.6 is 0 Å². The Hall–Kier alpha value is -2.04. The molecule has 0 aromatic heterocycles. The van der Waals surface area contributed by atoms with Crippen molar-refractivity contribution < 1.29 is 14.3 Å². The van der Waals surface area contributed by atoms with Crippen molar-refractivity contribution in [3.63, 3.8) is 0 Å². The fraction of sp³-hybridized carbons (Fsp3) is 0.556. The minimum atomic E-state index is -0.818. The van der Waals surface area contributed by atoms with Crippen LogP contribution in [0.2, 0.25) is 0 Å². The first-order chi connectivity index (χ1) is 10.4. The van der Waals surface area contributed by atoms with E-state index in [9.17, 15) is 9.59 Å². The van der Waals surface area contributed by atoms with Crippen molar-refractivity contribution in [1.29, 1.82) is 0 Å². The second kappa shape index (κ2) is 7.02. The van der Waals surface area contributed by atoms with Crippen LogP contribution in [0.5, 0.6) is 0 Å². The number of rotatable bonds is 4. The van der Waals surface area contributed by atoms with Gasteiger partial charge in [0.15, 0.2) is 0 Å². The van der Waals surface area contributed by atoms with Crippen molar-refractivity contribution in [2.45, 2.75) is 46.3 Å². The number of hydrogen-bond acceptors (Lipinski definition) is 3. The second-order valence-corrected chi connectivity index (χ2v) is 7.41. The summed E-state index contributed by atoms with van der Waals surface area (Å²) in [5.41, 5.74) is -0.554. The van der Waals surface area contributed by atoms with E-state index in [1.165, 1.54) is 4.90 Å². The molecule has 0 bridgehead atoms. The molecule has 0 spiro atoms. The molecule has 1 atom stereocenters. The number of nitrogens with zero attached hydrogens (tertiary/aromatic N) is 1. The Kier molecular flexibility index (Phi) is 5.81. The maximum Gasteiger partial charge on any atom is 0.408 e. The smallest absolute Gasteiger partial charge is 0.408 e. The normalized spacial score (nSPS) is 13.2. The Balaban J connectivity index is 3.14. The average molecular weight is 320 g/mol. The lowest BCUT2D eigenvalue weighted by Crippen LogP contribution is -2.47. The minimum absolute atomic E-state index is 0.0672. The summed E-state index contributed by atoms with van der Waals surface area (Å²) in [6.45, 7) is 9.06. The molecule has 0 fully saturated rings. The van der Waals surface area contributed by atoms with E-state index in [1.54, 1.807) is 34.9 Å². The van der Waals surface area contributed by atoms with E-state index in [1.807, 2.05) is 44.2 Å². The maximum absolute atomic E-state index is 12.6. The maximum atomic E-state index is 12.6. The zero-order chi connectivity index (χ0) is 17.8. The quantitative estimate of drug-likeness (QED) is 0.925. The van der Waals surface area contributed by atoms with Crippen molar-refractivity contribution in [2.24, 2.45) is 5.41 Å². The molecule has 2 amide bonds. The third-order valence-electron chi connectivity index (χ3n) is 3.47. The molecule has 1 N–H and O–H groups in total. The van der Waals surface area contributed by atoms with Gasteiger partial charge in [0.2, 0.25) is 5.91 Å². The third kappa shape index (κ3) is 5.27. The van der Waals surface area contributed by atoms with E-state index in [-0.39, 0.29) is 5.91 Å². The van der Waals surface area contributed by atoms with Crippen LogP contribution in [0.25, 0.3) is 0 Å². The number of nitrogens with one attached hydrogen (secondary N) is 1. The lowest BCUT2D eigenvalue weighted by atomic mass is 9.79. The molecule has 1 rings (SSSR count). The van der Waals surface area contributed by atoms with Crippen molar-refractivity contribution in [3.05, 3.63) is 35.9 Å². The van der Waals surface area contributed by atoms with Gasteiger partial charge < -0.3 is 15.0 Å². The third-order valence-corrected chi connectivity index (χ3v) is 3.47. The number of carbonyl (C=O) groups is 2. The van der Waals surface area contributed by atoms with Gasteiger partial charge in [-0.2, -0.15) is 0 Å². The summed E-state index contributed by atoms with van der Waals surface area (Å²) in [4.78, 5) is 26.3. The summed E-state index contributed by atoms with van der Waals surface area (Å²) in [7, 11) is 3.42. The molecule has 128 valence electrons. The highest BCUT2D eigenvalue weighted by atomic mass is 16.6. The fourth-order valence-electron chi connectivity index (χ4n) is 2.45. The number of carbonyl (C=O) groups excluding carboxylic acids is 2. The van der Waals surface area contributed by atoms with E-state index in [0.29, 0.717) is 0 Å². The molecule has 1 unspecified atom stereocenters. The molecular weight excluding hydrogens is 292 g/mol. The van der Waals surface area contributed by atoms with Crippen LogP contribution in [0.1, 0.15) is 46.2 Å². The van der Waals surface area contributed by atoms with Crippen LogP contribution in [0.4, 0.5) is 4.79 Å². The largest absolute Gasteiger partial charge is 0.444 e. The van der Waals surface area contributed by atoms with Gasteiger partial charge in [-0.3, -0.25) is 4.79 Å². The van der Waals surface area contributed by atoms with Crippen LogP contribution in [0.3, 0.4) is 0 Å². The van der Waals surface area contributed by atoms with Crippen molar-refractivity contribution in [1.82, 2.24) is 10.2 Å². The molecule has 5 nitrogen and oxygen atoms in total. The summed E-state index contributed by atoms with van der Waals surface area (Å²) in [5.74, 6) is -0.0672.